The molecule has 0 aliphatic heterocycles. The van der Waals surface area contributed by atoms with Gasteiger partial charge in [0.15, 0.2) is 0 Å². The third-order valence-corrected chi connectivity index (χ3v) is 3.13. The molecular weight excluding hydrogens is 247 g/mol. The van der Waals surface area contributed by atoms with Crippen molar-refractivity contribution in [2.24, 2.45) is 0 Å². The Kier molecular flexibility index (Phi) is 3.19. The first kappa shape index (κ1) is 10.1. The maximum atomic E-state index is 12.9. The monoisotopic (exact) mass is 258 g/mol. The van der Waals surface area contributed by atoms with Gasteiger partial charge in [0.2, 0.25) is 0 Å². The molecule has 0 aromatic heterocycles. The second kappa shape index (κ2) is 4.41. The highest BCUT2D eigenvalue weighted by Crippen LogP contribution is 2.24. The lowest BCUT2D eigenvalue weighted by atomic mass is 9.96. The normalized spacial score (nSPS) is 16.7. The first-order valence-corrected chi connectivity index (χ1v) is 5.60. The summed E-state index contributed by atoms with van der Waals surface area (Å²) in [7, 11) is 0. The van der Waals surface area contributed by atoms with E-state index < -0.39 is 0 Å². The van der Waals surface area contributed by atoms with Crippen LogP contribution in [0.15, 0.2) is 22.7 Å². The molecule has 1 aliphatic rings. The number of halogens is 2. The predicted octanol–water partition coefficient (Wildman–Crippen LogP) is 3.66. The van der Waals surface area contributed by atoms with E-state index >= 15 is 0 Å². The highest BCUT2D eigenvalue weighted by atomic mass is 79.9. The van der Waals surface area contributed by atoms with Gasteiger partial charge in [-0.15, -0.1) is 0 Å². The predicted molar refractivity (Wildman–Crippen MR) is 56.5 cm³/mol. The van der Waals surface area contributed by atoms with Gasteiger partial charge in [-0.05, 0) is 52.9 Å². The average Bonchev–Trinajstić information content (AvgIpc) is 2.08. The molecule has 1 aromatic rings. The molecule has 0 saturated heterocycles. The molecule has 0 radical (unpaired) electrons. The van der Waals surface area contributed by atoms with Gasteiger partial charge in [0.05, 0.1) is 17.2 Å². The molecule has 0 N–H and O–H groups in total. The van der Waals surface area contributed by atoms with Crippen molar-refractivity contribution in [2.75, 3.05) is 0 Å². The van der Waals surface area contributed by atoms with Crippen molar-refractivity contribution in [3.8, 4) is 0 Å². The maximum Gasteiger partial charge on any atom is 0.137 e. The van der Waals surface area contributed by atoms with Crippen LogP contribution in [-0.4, -0.2) is 6.10 Å². The van der Waals surface area contributed by atoms with Crippen LogP contribution in [0.25, 0.3) is 0 Å². The van der Waals surface area contributed by atoms with Crippen molar-refractivity contribution in [1.82, 2.24) is 0 Å². The lowest BCUT2D eigenvalue weighted by Gasteiger charge is -2.25. The van der Waals surface area contributed by atoms with Crippen LogP contribution >= 0.6 is 15.9 Å². The smallest absolute Gasteiger partial charge is 0.137 e. The fourth-order valence-corrected chi connectivity index (χ4v) is 1.81. The number of ether oxygens (including phenoxy) is 1. The average molecular weight is 259 g/mol. The summed E-state index contributed by atoms with van der Waals surface area (Å²) >= 11 is 3.15. The van der Waals surface area contributed by atoms with Gasteiger partial charge >= 0.3 is 0 Å². The van der Waals surface area contributed by atoms with Crippen molar-refractivity contribution in [3.63, 3.8) is 0 Å². The summed E-state index contributed by atoms with van der Waals surface area (Å²) in [5.41, 5.74) is 1.02. The van der Waals surface area contributed by atoms with Gasteiger partial charge < -0.3 is 4.74 Å². The van der Waals surface area contributed by atoms with Crippen LogP contribution in [0, 0.1) is 5.82 Å². The molecule has 14 heavy (non-hydrogen) atoms. The highest BCUT2D eigenvalue weighted by Gasteiger charge is 2.17. The molecule has 1 aliphatic carbocycles. The minimum Gasteiger partial charge on any atom is -0.374 e. The molecule has 0 spiro atoms. The lowest BCUT2D eigenvalue weighted by molar-refractivity contribution is -0.00869. The number of benzene rings is 1. The molecule has 0 bridgehead atoms. The quantitative estimate of drug-likeness (QED) is 0.804. The van der Waals surface area contributed by atoms with E-state index in [1.165, 1.54) is 25.3 Å². The maximum absolute atomic E-state index is 12.9. The van der Waals surface area contributed by atoms with Crippen LogP contribution < -0.4 is 0 Å². The number of rotatable bonds is 3. The van der Waals surface area contributed by atoms with Gasteiger partial charge in [0, 0.05) is 0 Å². The van der Waals surface area contributed by atoms with Crippen LogP contribution in [0.1, 0.15) is 24.8 Å². The largest absolute Gasteiger partial charge is 0.374 e. The summed E-state index contributed by atoms with van der Waals surface area (Å²) in [4.78, 5) is 0. The fraction of sp³-hybridized carbons (Fsp3) is 0.455. The third kappa shape index (κ3) is 2.34. The Morgan fingerprint density at radius 1 is 1.43 bits per heavy atom. The molecule has 1 aromatic carbocycles. The zero-order valence-corrected chi connectivity index (χ0v) is 9.39. The zero-order chi connectivity index (χ0) is 9.97. The van der Waals surface area contributed by atoms with E-state index in [4.69, 9.17) is 4.74 Å². The topological polar surface area (TPSA) is 9.23 Å². The summed E-state index contributed by atoms with van der Waals surface area (Å²) in [6.45, 7) is 0.587. The third-order valence-electron chi connectivity index (χ3n) is 2.52. The van der Waals surface area contributed by atoms with Crippen LogP contribution in [0.3, 0.4) is 0 Å². The van der Waals surface area contributed by atoms with Crippen LogP contribution in [0.4, 0.5) is 4.39 Å². The van der Waals surface area contributed by atoms with Crippen molar-refractivity contribution >= 4 is 15.9 Å². The first-order valence-electron chi connectivity index (χ1n) is 4.81. The molecule has 0 unspecified atom stereocenters. The minimum atomic E-state index is -0.225. The molecule has 1 fully saturated rings. The Balaban J connectivity index is 1.91. The van der Waals surface area contributed by atoms with Crippen LogP contribution in [0.5, 0.6) is 0 Å². The van der Waals surface area contributed by atoms with Gasteiger partial charge in [-0.3, -0.25) is 0 Å². The summed E-state index contributed by atoms with van der Waals surface area (Å²) in [6.07, 6.45) is 4.04. The summed E-state index contributed by atoms with van der Waals surface area (Å²) < 4.78 is 19.0. The van der Waals surface area contributed by atoms with E-state index in [-0.39, 0.29) is 5.82 Å². The van der Waals surface area contributed by atoms with Crippen LogP contribution in [-0.2, 0) is 11.3 Å². The lowest BCUT2D eigenvalue weighted by Crippen LogP contribution is -2.21. The number of hydrogen-bond acceptors (Lipinski definition) is 1. The van der Waals surface area contributed by atoms with E-state index in [9.17, 15) is 4.39 Å². The standard InChI is InChI=1S/C11H12BrFO/c12-10-6-8(4-5-11(10)13)7-14-9-2-1-3-9/h4-6,9H,1-3,7H2. The van der Waals surface area contributed by atoms with Gasteiger partial charge in [0.1, 0.15) is 5.82 Å². The summed E-state index contributed by atoms with van der Waals surface area (Å²) in [5.74, 6) is -0.225. The Bertz CT molecular complexity index is 323. The molecule has 2 rings (SSSR count). The molecule has 0 heterocycles. The van der Waals surface area contributed by atoms with Crippen molar-refractivity contribution in [2.45, 2.75) is 32.0 Å². The van der Waals surface area contributed by atoms with Crippen molar-refractivity contribution in [3.05, 3.63) is 34.1 Å². The van der Waals surface area contributed by atoms with Crippen molar-refractivity contribution < 1.29 is 9.13 Å². The van der Waals surface area contributed by atoms with Crippen LogP contribution in [0.2, 0.25) is 0 Å². The zero-order valence-electron chi connectivity index (χ0n) is 7.80. The molecule has 0 amide bonds. The van der Waals surface area contributed by atoms with E-state index in [0.29, 0.717) is 17.2 Å². The van der Waals surface area contributed by atoms with E-state index in [0.717, 1.165) is 5.56 Å². The van der Waals surface area contributed by atoms with E-state index in [1.54, 1.807) is 12.1 Å². The van der Waals surface area contributed by atoms with E-state index in [2.05, 4.69) is 15.9 Å². The van der Waals surface area contributed by atoms with Gasteiger partial charge in [-0.2, -0.15) is 0 Å². The Morgan fingerprint density at radius 2 is 2.21 bits per heavy atom. The molecule has 0 atom stereocenters. The molecular formula is C11H12BrFO. The second-order valence-electron chi connectivity index (χ2n) is 3.61. The molecule has 3 heteroatoms. The summed E-state index contributed by atoms with van der Waals surface area (Å²) in [5, 5.41) is 0. The highest BCUT2D eigenvalue weighted by molar-refractivity contribution is 9.10. The van der Waals surface area contributed by atoms with E-state index in [1.807, 2.05) is 0 Å². The Hall–Kier alpha value is -0.410. The van der Waals surface area contributed by atoms with Gasteiger partial charge in [-0.25, -0.2) is 4.39 Å². The summed E-state index contributed by atoms with van der Waals surface area (Å²) in [6, 6.07) is 5.00. The SMILES string of the molecule is Fc1ccc(COC2CCC2)cc1Br. The van der Waals surface area contributed by atoms with Crippen molar-refractivity contribution in [1.29, 1.82) is 0 Å². The van der Waals surface area contributed by atoms with Gasteiger partial charge in [-0.1, -0.05) is 6.07 Å². The fourth-order valence-electron chi connectivity index (χ4n) is 1.38. The Labute approximate surface area is 91.4 Å². The van der Waals surface area contributed by atoms with Gasteiger partial charge in [0.25, 0.3) is 0 Å². The molecule has 76 valence electrons. The Morgan fingerprint density at radius 3 is 2.79 bits per heavy atom. The first-order chi connectivity index (χ1) is 6.75. The molecule has 1 saturated carbocycles. The minimum absolute atomic E-state index is 0.225. The molecule has 1 nitrogen and oxygen atoms in total. The second-order valence-corrected chi connectivity index (χ2v) is 4.47. The number of hydrogen-bond donors (Lipinski definition) is 0.